The molecule has 3 aromatic carbocycles. The van der Waals surface area contributed by atoms with Crippen LogP contribution in [0.15, 0.2) is 104 Å². The number of rotatable bonds is 12. The molecule has 5 aromatic rings. The Morgan fingerprint density at radius 1 is 0.633 bits per heavy atom. The molecule has 0 aliphatic carbocycles. The van der Waals surface area contributed by atoms with E-state index >= 15 is 0 Å². The molecule has 0 spiro atoms. The van der Waals surface area contributed by atoms with E-state index < -0.39 is 58.3 Å². The third-order valence-electron chi connectivity index (χ3n) is 8.18. The molecule has 0 saturated heterocycles. The van der Waals surface area contributed by atoms with E-state index in [1.54, 1.807) is 84.9 Å². The lowest BCUT2D eigenvalue weighted by atomic mass is 10.1. The van der Waals surface area contributed by atoms with Gasteiger partial charge in [-0.15, -0.1) is 0 Å². The molecule has 0 aliphatic heterocycles. The molecule has 14 heteroatoms. The summed E-state index contributed by atoms with van der Waals surface area (Å²) in [4.78, 5) is 81.9. The van der Waals surface area contributed by atoms with Crippen molar-refractivity contribution in [2.75, 3.05) is 24.6 Å². The highest BCUT2D eigenvalue weighted by Crippen LogP contribution is 2.19. The molecule has 2 aromatic heterocycles. The van der Waals surface area contributed by atoms with Crippen LogP contribution < -0.4 is 34.0 Å². The minimum atomic E-state index is -0.896. The van der Waals surface area contributed by atoms with Crippen molar-refractivity contribution >= 4 is 34.8 Å². The molecular weight excluding hydrogens is 650 g/mol. The number of nitrogen functional groups attached to an aromatic ring is 2. The number of halogens is 1. The quantitative estimate of drug-likeness (QED) is 0.186. The van der Waals surface area contributed by atoms with Crippen molar-refractivity contribution in [3.05, 3.63) is 159 Å². The Balaban J connectivity index is 1.53. The second-order valence-electron chi connectivity index (χ2n) is 11.5. The highest BCUT2D eigenvalue weighted by atomic mass is 35.5. The summed E-state index contributed by atoms with van der Waals surface area (Å²) < 4.78 is 3.87. The van der Waals surface area contributed by atoms with Crippen LogP contribution in [0.4, 0.5) is 11.6 Å². The summed E-state index contributed by atoms with van der Waals surface area (Å²) in [7, 11) is 2.49. The first-order valence-corrected chi connectivity index (χ1v) is 15.5. The van der Waals surface area contributed by atoms with Gasteiger partial charge in [-0.1, -0.05) is 90.5 Å². The highest BCUT2D eigenvalue weighted by Gasteiger charge is 2.28. The molecule has 0 aliphatic rings. The predicted octanol–water partition coefficient (Wildman–Crippen LogP) is 1.89. The Hall–Kier alpha value is -5.79. The molecule has 4 N–H and O–H groups in total. The molecule has 0 radical (unpaired) electrons. The number of nitrogens with zero attached hydrogens (tertiary/aromatic N) is 5. The monoisotopic (exact) mass is 683 g/mol. The molecule has 2 heterocycles. The second-order valence-corrected chi connectivity index (χ2v) is 11.9. The third kappa shape index (κ3) is 7.22. The van der Waals surface area contributed by atoms with Crippen LogP contribution >= 0.6 is 11.6 Å². The second kappa shape index (κ2) is 14.5. The van der Waals surface area contributed by atoms with Gasteiger partial charge in [0.25, 0.3) is 11.1 Å². The largest absolute Gasteiger partial charge is 0.384 e. The van der Waals surface area contributed by atoms with Crippen molar-refractivity contribution in [2.45, 2.75) is 19.6 Å². The number of nitrogens with two attached hydrogens (primary N) is 2. The van der Waals surface area contributed by atoms with E-state index in [9.17, 15) is 28.8 Å². The summed E-state index contributed by atoms with van der Waals surface area (Å²) in [6, 6.07) is 24.6. The molecule has 0 unspecified atom stereocenters. The maximum Gasteiger partial charge on any atom is 0.332 e. The van der Waals surface area contributed by atoms with Crippen LogP contribution in [0.1, 0.15) is 37.4 Å². The van der Waals surface area contributed by atoms with Gasteiger partial charge in [0.1, 0.15) is 22.8 Å². The number of hydrogen-bond donors (Lipinski definition) is 2. The topological polar surface area (TPSA) is 177 Å². The first kappa shape index (κ1) is 34.5. The van der Waals surface area contributed by atoms with E-state index in [0.717, 1.165) is 18.3 Å². The van der Waals surface area contributed by atoms with Crippen molar-refractivity contribution in [3.63, 3.8) is 0 Å². The highest BCUT2D eigenvalue weighted by molar-refractivity contribution is 6.31. The van der Waals surface area contributed by atoms with Gasteiger partial charge in [-0.25, -0.2) is 9.59 Å². The van der Waals surface area contributed by atoms with Crippen LogP contribution in [0, 0.1) is 0 Å². The fourth-order valence-corrected chi connectivity index (χ4v) is 5.72. The van der Waals surface area contributed by atoms with Crippen molar-refractivity contribution in [1.82, 2.24) is 23.2 Å². The number of aromatic nitrogens is 4. The van der Waals surface area contributed by atoms with Crippen molar-refractivity contribution < 1.29 is 9.59 Å². The smallest absolute Gasteiger partial charge is 0.332 e. The SMILES string of the molecule is Cn1c(=O)c(C(=O)CN(CC(=O)c2c(N)n(Cc3ccccc3)c(=O)n(C)c2=O)Cc2ccccc2Cl)c(N)n(Cc2ccccc2)c1=O. The summed E-state index contributed by atoms with van der Waals surface area (Å²) in [5.41, 5.74) is 10.6. The first-order chi connectivity index (χ1) is 23.4. The lowest BCUT2D eigenvalue weighted by molar-refractivity contribution is 0.0862. The molecule has 13 nitrogen and oxygen atoms in total. The Morgan fingerprint density at radius 3 is 1.43 bits per heavy atom. The minimum Gasteiger partial charge on any atom is -0.384 e. The van der Waals surface area contributed by atoms with E-state index in [4.69, 9.17) is 23.1 Å². The number of carbonyl (C=O) groups excluding carboxylic acids is 2. The van der Waals surface area contributed by atoms with Gasteiger partial charge in [0.05, 0.1) is 26.2 Å². The Kier molecular flexibility index (Phi) is 10.3. The first-order valence-electron chi connectivity index (χ1n) is 15.2. The standard InChI is InChI=1S/C35H34ClN7O6/c1-39-32(46)28(30(37)42(34(39)48)17-22-11-5-3-6-12-22)26(44)20-41(19-24-15-9-10-16-25(24)36)21-27(45)29-31(38)43(35(49)40(2)33(29)47)18-23-13-7-4-8-14-23/h3-16H,17-21,37-38H2,1-2H3. The number of hydrogen-bond acceptors (Lipinski definition) is 9. The number of benzene rings is 3. The van der Waals surface area contributed by atoms with Crippen molar-refractivity contribution in [1.29, 1.82) is 0 Å². The van der Waals surface area contributed by atoms with Gasteiger partial charge in [-0.3, -0.25) is 42.3 Å². The van der Waals surface area contributed by atoms with Gasteiger partial charge in [-0.2, -0.15) is 0 Å². The molecular formula is C35H34ClN7O6. The molecule has 0 atom stereocenters. The lowest BCUT2D eigenvalue weighted by Crippen LogP contribution is -2.46. The van der Waals surface area contributed by atoms with Crippen molar-refractivity contribution in [3.8, 4) is 0 Å². The molecule has 252 valence electrons. The fraction of sp³-hybridized carbons (Fsp3) is 0.200. The van der Waals surface area contributed by atoms with Gasteiger partial charge in [-0.05, 0) is 22.8 Å². The molecule has 5 rings (SSSR count). The van der Waals surface area contributed by atoms with Gasteiger partial charge in [0.15, 0.2) is 11.6 Å². The molecule has 0 saturated carbocycles. The maximum atomic E-state index is 13.9. The van der Waals surface area contributed by atoms with Crippen LogP contribution in [-0.4, -0.2) is 47.8 Å². The van der Waals surface area contributed by atoms with E-state index in [2.05, 4.69) is 0 Å². The van der Waals surface area contributed by atoms with E-state index in [1.807, 2.05) is 0 Å². The predicted molar refractivity (Wildman–Crippen MR) is 187 cm³/mol. The summed E-state index contributed by atoms with van der Waals surface area (Å²) in [5.74, 6) is -2.18. The van der Waals surface area contributed by atoms with E-state index in [1.165, 1.54) is 19.0 Å². The Bertz CT molecular complexity index is 2150. The maximum absolute atomic E-state index is 13.9. The van der Waals surface area contributed by atoms with Crippen LogP contribution in [0.3, 0.4) is 0 Å². The molecule has 0 fully saturated rings. The zero-order chi connectivity index (χ0) is 35.4. The molecule has 49 heavy (non-hydrogen) atoms. The lowest BCUT2D eigenvalue weighted by Gasteiger charge is -2.23. The average Bonchev–Trinajstić information content (AvgIpc) is 3.09. The van der Waals surface area contributed by atoms with E-state index in [-0.39, 0.29) is 31.3 Å². The normalized spacial score (nSPS) is 11.2. The number of anilines is 2. The fourth-order valence-electron chi connectivity index (χ4n) is 5.53. The number of Topliss-reactive ketones (excluding diaryl/α,β-unsaturated/α-hetero) is 2. The number of carbonyl (C=O) groups is 2. The van der Waals surface area contributed by atoms with Crippen LogP contribution in [-0.2, 0) is 33.7 Å². The van der Waals surface area contributed by atoms with E-state index in [0.29, 0.717) is 21.7 Å². The van der Waals surface area contributed by atoms with Crippen LogP contribution in [0.5, 0.6) is 0 Å². The minimum absolute atomic E-state index is 0.00297. The third-order valence-corrected chi connectivity index (χ3v) is 8.55. The number of ketones is 2. The Labute approximate surface area is 284 Å². The zero-order valence-corrected chi connectivity index (χ0v) is 27.6. The van der Waals surface area contributed by atoms with Gasteiger partial charge >= 0.3 is 11.4 Å². The molecule has 0 amide bonds. The summed E-state index contributed by atoms with van der Waals surface area (Å²) in [6.07, 6.45) is 0. The van der Waals surface area contributed by atoms with Crippen molar-refractivity contribution in [2.24, 2.45) is 14.1 Å². The summed E-state index contributed by atoms with van der Waals surface area (Å²) >= 11 is 6.43. The van der Waals surface area contributed by atoms with Gasteiger partial charge < -0.3 is 11.5 Å². The average molecular weight is 684 g/mol. The van der Waals surface area contributed by atoms with Gasteiger partial charge in [0, 0.05) is 25.7 Å². The Morgan fingerprint density at radius 2 is 1.02 bits per heavy atom. The summed E-state index contributed by atoms with van der Waals surface area (Å²) in [6.45, 7) is -1.09. The zero-order valence-electron chi connectivity index (χ0n) is 26.8. The van der Waals surface area contributed by atoms with Crippen LogP contribution in [0.25, 0.3) is 0 Å². The van der Waals surface area contributed by atoms with Gasteiger partial charge in [0.2, 0.25) is 0 Å². The van der Waals surface area contributed by atoms with Crippen LogP contribution in [0.2, 0.25) is 5.02 Å². The molecule has 0 bridgehead atoms. The summed E-state index contributed by atoms with van der Waals surface area (Å²) in [5, 5.41) is 0.353.